The highest BCUT2D eigenvalue weighted by Crippen LogP contribution is 2.21. The van der Waals surface area contributed by atoms with Gasteiger partial charge in [-0.25, -0.2) is 0 Å². The van der Waals surface area contributed by atoms with Crippen molar-refractivity contribution in [2.24, 2.45) is 0 Å². The third-order valence-electron chi connectivity index (χ3n) is 3.81. The molecule has 3 rings (SSSR count). The second-order valence-electron chi connectivity index (χ2n) is 5.72. The van der Waals surface area contributed by atoms with Crippen LogP contribution in [0.15, 0.2) is 66.7 Å². The molecule has 3 aromatic rings. The van der Waals surface area contributed by atoms with Crippen LogP contribution in [0.5, 0.6) is 5.75 Å². The fourth-order valence-corrected chi connectivity index (χ4v) is 2.52. The Morgan fingerprint density at radius 2 is 1.62 bits per heavy atom. The van der Waals surface area contributed by atoms with Crippen molar-refractivity contribution in [2.45, 2.75) is 13.0 Å². The number of ether oxygens (including phenoxy) is 1. The lowest BCUT2D eigenvalue weighted by molar-refractivity contribution is -0.128. The highest BCUT2D eigenvalue weighted by molar-refractivity contribution is 6.30. The van der Waals surface area contributed by atoms with Crippen molar-refractivity contribution in [1.82, 2.24) is 10.9 Å². The number of rotatable bonds is 4. The molecule has 0 aliphatic rings. The molecule has 1 unspecified atom stereocenters. The van der Waals surface area contributed by atoms with Crippen LogP contribution in [0.25, 0.3) is 10.8 Å². The van der Waals surface area contributed by atoms with E-state index in [1.54, 1.807) is 37.3 Å². The smallest absolute Gasteiger partial charge is 0.279 e. The Balaban J connectivity index is 1.56. The number of fused-ring (bicyclic) bond motifs is 1. The molecule has 0 heterocycles. The fraction of sp³-hybridized carbons (Fsp3) is 0.100. The first-order valence-electron chi connectivity index (χ1n) is 8.04. The van der Waals surface area contributed by atoms with Gasteiger partial charge in [-0.1, -0.05) is 41.9 Å². The first-order chi connectivity index (χ1) is 12.5. The Morgan fingerprint density at radius 1 is 0.923 bits per heavy atom. The number of hydrogen-bond donors (Lipinski definition) is 2. The number of halogens is 1. The molecule has 0 aromatic heterocycles. The van der Waals surface area contributed by atoms with Gasteiger partial charge in [0, 0.05) is 10.6 Å². The van der Waals surface area contributed by atoms with Gasteiger partial charge in [0.1, 0.15) is 5.75 Å². The fourth-order valence-electron chi connectivity index (χ4n) is 2.39. The summed E-state index contributed by atoms with van der Waals surface area (Å²) in [6.07, 6.45) is -0.776. The largest absolute Gasteiger partial charge is 0.481 e. The Kier molecular flexibility index (Phi) is 5.39. The molecule has 0 spiro atoms. The molecule has 0 aliphatic heterocycles. The monoisotopic (exact) mass is 368 g/mol. The van der Waals surface area contributed by atoms with Crippen molar-refractivity contribution in [3.05, 3.63) is 77.3 Å². The van der Waals surface area contributed by atoms with Gasteiger partial charge in [-0.15, -0.1) is 0 Å². The van der Waals surface area contributed by atoms with Gasteiger partial charge in [0.2, 0.25) is 0 Å². The molecule has 26 heavy (non-hydrogen) atoms. The number of benzene rings is 3. The first kappa shape index (κ1) is 17.8. The maximum absolute atomic E-state index is 12.1. The molecule has 0 bridgehead atoms. The summed E-state index contributed by atoms with van der Waals surface area (Å²) in [4.78, 5) is 24.1. The molecule has 0 saturated heterocycles. The SMILES string of the molecule is CC(Oc1ccc2ccccc2c1)C(=O)NNC(=O)c1ccc(Cl)cc1. The Morgan fingerprint density at radius 3 is 2.35 bits per heavy atom. The lowest BCUT2D eigenvalue weighted by atomic mass is 10.1. The Labute approximate surface area is 155 Å². The van der Waals surface area contributed by atoms with Crippen LogP contribution in [-0.2, 0) is 4.79 Å². The quantitative estimate of drug-likeness (QED) is 0.690. The van der Waals surface area contributed by atoms with Crippen molar-refractivity contribution in [3.63, 3.8) is 0 Å². The Hall–Kier alpha value is -3.05. The highest BCUT2D eigenvalue weighted by atomic mass is 35.5. The third kappa shape index (κ3) is 4.32. The molecular formula is C20H17ClN2O3. The molecule has 0 saturated carbocycles. The first-order valence-corrected chi connectivity index (χ1v) is 8.42. The van der Waals surface area contributed by atoms with E-state index in [4.69, 9.17) is 16.3 Å². The van der Waals surface area contributed by atoms with Gasteiger partial charge in [0.05, 0.1) is 0 Å². The molecule has 0 radical (unpaired) electrons. The third-order valence-corrected chi connectivity index (χ3v) is 4.06. The van der Waals surface area contributed by atoms with E-state index in [9.17, 15) is 9.59 Å². The summed E-state index contributed by atoms with van der Waals surface area (Å²) in [6.45, 7) is 1.61. The normalized spacial score (nSPS) is 11.6. The number of amides is 2. The number of carbonyl (C=O) groups excluding carboxylic acids is 2. The lowest BCUT2D eigenvalue weighted by Crippen LogP contribution is -2.47. The number of hydrogen-bond acceptors (Lipinski definition) is 3. The summed E-state index contributed by atoms with van der Waals surface area (Å²) in [7, 11) is 0. The molecule has 5 nitrogen and oxygen atoms in total. The molecule has 1 atom stereocenters. The van der Waals surface area contributed by atoms with E-state index < -0.39 is 17.9 Å². The van der Waals surface area contributed by atoms with Crippen molar-refractivity contribution < 1.29 is 14.3 Å². The molecule has 2 amide bonds. The summed E-state index contributed by atoms with van der Waals surface area (Å²) in [5.74, 6) is -0.316. The van der Waals surface area contributed by atoms with Crippen LogP contribution in [0.1, 0.15) is 17.3 Å². The van der Waals surface area contributed by atoms with Crippen LogP contribution in [0.4, 0.5) is 0 Å². The van der Waals surface area contributed by atoms with Gasteiger partial charge in [-0.05, 0) is 54.1 Å². The van der Waals surface area contributed by atoms with Gasteiger partial charge >= 0.3 is 0 Å². The van der Waals surface area contributed by atoms with Crippen LogP contribution in [0, 0.1) is 0 Å². The summed E-state index contributed by atoms with van der Waals surface area (Å²) in [6, 6.07) is 19.8. The molecule has 3 aromatic carbocycles. The van der Waals surface area contributed by atoms with Gasteiger partial charge in [0.15, 0.2) is 6.10 Å². The lowest BCUT2D eigenvalue weighted by Gasteiger charge is -2.15. The second-order valence-corrected chi connectivity index (χ2v) is 6.16. The molecule has 2 N–H and O–H groups in total. The Bertz CT molecular complexity index is 941. The van der Waals surface area contributed by atoms with Gasteiger partial charge in [-0.2, -0.15) is 0 Å². The van der Waals surface area contributed by atoms with Gasteiger partial charge in [-0.3, -0.25) is 20.4 Å². The zero-order chi connectivity index (χ0) is 18.5. The van der Waals surface area contributed by atoms with Crippen LogP contribution < -0.4 is 15.6 Å². The van der Waals surface area contributed by atoms with Crippen molar-refractivity contribution in [2.75, 3.05) is 0 Å². The van der Waals surface area contributed by atoms with Gasteiger partial charge < -0.3 is 4.74 Å². The number of hydrazine groups is 1. The zero-order valence-electron chi connectivity index (χ0n) is 14.0. The predicted molar refractivity (Wildman–Crippen MR) is 101 cm³/mol. The highest BCUT2D eigenvalue weighted by Gasteiger charge is 2.16. The number of carbonyl (C=O) groups is 2. The van der Waals surface area contributed by atoms with E-state index in [2.05, 4.69) is 10.9 Å². The number of nitrogens with one attached hydrogen (secondary N) is 2. The van der Waals surface area contributed by atoms with E-state index in [0.29, 0.717) is 16.3 Å². The molecule has 0 aliphatic carbocycles. The van der Waals surface area contributed by atoms with Crippen LogP contribution >= 0.6 is 11.6 Å². The minimum Gasteiger partial charge on any atom is -0.481 e. The van der Waals surface area contributed by atoms with Crippen LogP contribution in [0.3, 0.4) is 0 Å². The van der Waals surface area contributed by atoms with Crippen molar-refractivity contribution in [1.29, 1.82) is 0 Å². The molecule has 6 heteroatoms. The van der Waals surface area contributed by atoms with Crippen LogP contribution in [0.2, 0.25) is 5.02 Å². The van der Waals surface area contributed by atoms with E-state index in [0.717, 1.165) is 10.8 Å². The summed E-state index contributed by atoms with van der Waals surface area (Å²) in [5.41, 5.74) is 5.10. The van der Waals surface area contributed by atoms with E-state index in [-0.39, 0.29) is 0 Å². The minimum absolute atomic E-state index is 0.387. The second kappa shape index (κ2) is 7.89. The van der Waals surface area contributed by atoms with Crippen molar-refractivity contribution in [3.8, 4) is 5.75 Å². The maximum Gasteiger partial charge on any atom is 0.279 e. The van der Waals surface area contributed by atoms with Crippen LogP contribution in [-0.4, -0.2) is 17.9 Å². The van der Waals surface area contributed by atoms with E-state index >= 15 is 0 Å². The average Bonchev–Trinajstić information content (AvgIpc) is 2.66. The molecular weight excluding hydrogens is 352 g/mol. The molecule has 0 fully saturated rings. The standard InChI is InChI=1S/C20H17ClN2O3/c1-13(26-18-11-8-14-4-2-3-5-16(14)12-18)19(24)22-23-20(25)15-6-9-17(21)10-7-15/h2-13H,1H3,(H,22,24)(H,23,25). The minimum atomic E-state index is -0.776. The summed E-state index contributed by atoms with van der Waals surface area (Å²) >= 11 is 5.78. The average molecular weight is 369 g/mol. The predicted octanol–water partition coefficient (Wildman–Crippen LogP) is 3.72. The van der Waals surface area contributed by atoms with Crippen molar-refractivity contribution >= 4 is 34.2 Å². The summed E-state index contributed by atoms with van der Waals surface area (Å²) in [5, 5.41) is 2.64. The van der Waals surface area contributed by atoms with Gasteiger partial charge in [0.25, 0.3) is 11.8 Å². The molecule has 132 valence electrons. The summed E-state index contributed by atoms with van der Waals surface area (Å²) < 4.78 is 5.66. The van der Waals surface area contributed by atoms with E-state index in [1.165, 1.54) is 0 Å². The maximum atomic E-state index is 12.1. The van der Waals surface area contributed by atoms with E-state index in [1.807, 2.05) is 36.4 Å². The zero-order valence-corrected chi connectivity index (χ0v) is 14.8. The topological polar surface area (TPSA) is 67.4 Å².